The highest BCUT2D eigenvalue weighted by Crippen LogP contribution is 2.27. The monoisotopic (exact) mass is 352 g/mol. The van der Waals surface area contributed by atoms with E-state index < -0.39 is 5.82 Å². The number of rotatable bonds is 2. The Balaban J connectivity index is 2.13. The van der Waals surface area contributed by atoms with Crippen molar-refractivity contribution in [1.82, 2.24) is 0 Å². The molecule has 0 aliphatic carbocycles. The maximum absolute atomic E-state index is 13.6. The van der Waals surface area contributed by atoms with Gasteiger partial charge in [-0.3, -0.25) is 4.79 Å². The van der Waals surface area contributed by atoms with Crippen LogP contribution in [0.15, 0.2) is 51.4 Å². The normalized spacial score (nSPS) is 10.9. The number of benzene rings is 2. The van der Waals surface area contributed by atoms with E-state index in [0.29, 0.717) is 20.4 Å². The van der Waals surface area contributed by atoms with Gasteiger partial charge in [-0.1, -0.05) is 39.7 Å². The highest BCUT2D eigenvalue weighted by Gasteiger charge is 2.18. The van der Waals surface area contributed by atoms with E-state index in [1.807, 2.05) is 0 Å². The Kier molecular flexibility index (Phi) is 3.36. The molecule has 2 aromatic carbocycles. The zero-order valence-corrected chi connectivity index (χ0v) is 12.3. The summed E-state index contributed by atoms with van der Waals surface area (Å²) in [4.78, 5) is 12.4. The second-order valence-electron chi connectivity index (χ2n) is 4.22. The van der Waals surface area contributed by atoms with Crippen LogP contribution in [-0.2, 0) is 0 Å². The van der Waals surface area contributed by atoms with E-state index in [1.165, 1.54) is 18.2 Å². The summed E-state index contributed by atoms with van der Waals surface area (Å²) in [5.74, 6) is -0.769. The number of para-hydroxylation sites is 1. The average molecular weight is 354 g/mol. The fourth-order valence-electron chi connectivity index (χ4n) is 1.94. The van der Waals surface area contributed by atoms with E-state index in [9.17, 15) is 9.18 Å². The smallest absolute Gasteiger partial charge is 0.229 e. The van der Waals surface area contributed by atoms with Gasteiger partial charge in [0.05, 0.1) is 0 Å². The predicted octanol–water partition coefficient (Wildman–Crippen LogP) is 5.22. The van der Waals surface area contributed by atoms with Gasteiger partial charge < -0.3 is 4.42 Å². The number of carbonyl (C=O) groups excluding carboxylic acids is 1. The summed E-state index contributed by atoms with van der Waals surface area (Å²) >= 11 is 9.18. The third-order valence-corrected chi connectivity index (χ3v) is 3.82. The van der Waals surface area contributed by atoms with Crippen LogP contribution >= 0.6 is 27.5 Å². The number of hydrogen-bond donors (Lipinski definition) is 0. The first-order valence-corrected chi connectivity index (χ1v) is 6.91. The molecule has 1 aromatic heterocycles. The van der Waals surface area contributed by atoms with Gasteiger partial charge in [-0.2, -0.15) is 0 Å². The van der Waals surface area contributed by atoms with Gasteiger partial charge in [0.15, 0.2) is 17.2 Å². The zero-order valence-electron chi connectivity index (χ0n) is 9.99. The van der Waals surface area contributed by atoms with Crippen molar-refractivity contribution >= 4 is 44.3 Å². The summed E-state index contributed by atoms with van der Waals surface area (Å²) in [7, 11) is 0. The van der Waals surface area contributed by atoms with Crippen LogP contribution in [0, 0.1) is 5.82 Å². The van der Waals surface area contributed by atoms with Crippen LogP contribution in [0.2, 0.25) is 5.02 Å². The first-order valence-electron chi connectivity index (χ1n) is 5.74. The Hall–Kier alpha value is -1.65. The van der Waals surface area contributed by atoms with Gasteiger partial charge in [-0.25, -0.2) is 4.39 Å². The molecule has 0 aliphatic rings. The lowest BCUT2D eigenvalue weighted by Crippen LogP contribution is -2.00. The molecule has 0 bridgehead atoms. The van der Waals surface area contributed by atoms with Gasteiger partial charge in [-0.05, 0) is 30.3 Å². The first-order chi connectivity index (χ1) is 9.56. The number of hydrogen-bond acceptors (Lipinski definition) is 2. The third kappa shape index (κ3) is 2.25. The Labute approximate surface area is 127 Å². The Morgan fingerprint density at radius 1 is 1.20 bits per heavy atom. The fourth-order valence-corrected chi connectivity index (χ4v) is 2.54. The first kappa shape index (κ1) is 13.3. The van der Waals surface area contributed by atoms with Crippen molar-refractivity contribution in [2.75, 3.05) is 0 Å². The SMILES string of the molecule is O=C(c1cc2cccc(F)c2o1)c1cc(Cl)ccc1Br. The summed E-state index contributed by atoms with van der Waals surface area (Å²) in [5, 5.41) is 0.991. The van der Waals surface area contributed by atoms with Crippen LogP contribution < -0.4 is 0 Å². The average Bonchev–Trinajstić information content (AvgIpc) is 2.86. The second-order valence-corrected chi connectivity index (χ2v) is 5.51. The van der Waals surface area contributed by atoms with E-state index in [-0.39, 0.29) is 17.1 Å². The molecule has 100 valence electrons. The minimum absolute atomic E-state index is 0.0769. The van der Waals surface area contributed by atoms with Gasteiger partial charge in [0.1, 0.15) is 0 Å². The minimum atomic E-state index is -0.494. The van der Waals surface area contributed by atoms with Crippen molar-refractivity contribution < 1.29 is 13.6 Å². The summed E-state index contributed by atoms with van der Waals surface area (Å²) in [6.45, 7) is 0. The number of carbonyl (C=O) groups is 1. The lowest BCUT2D eigenvalue weighted by atomic mass is 10.1. The van der Waals surface area contributed by atoms with Crippen molar-refractivity contribution in [3.05, 3.63) is 69.1 Å². The molecule has 0 N–H and O–H groups in total. The molecule has 0 aliphatic heterocycles. The minimum Gasteiger partial charge on any atom is -0.449 e. The standard InChI is InChI=1S/C15H7BrClFO2/c16-11-5-4-9(17)7-10(11)14(19)13-6-8-2-1-3-12(18)15(8)20-13/h1-7H. The van der Waals surface area contributed by atoms with Gasteiger partial charge in [0, 0.05) is 20.4 Å². The molecule has 0 radical (unpaired) electrons. The van der Waals surface area contributed by atoms with Crippen LogP contribution in [0.25, 0.3) is 11.0 Å². The van der Waals surface area contributed by atoms with E-state index in [0.717, 1.165) is 0 Å². The summed E-state index contributed by atoms with van der Waals surface area (Å²) in [6.07, 6.45) is 0. The zero-order chi connectivity index (χ0) is 14.3. The van der Waals surface area contributed by atoms with E-state index >= 15 is 0 Å². The topological polar surface area (TPSA) is 30.2 Å². The van der Waals surface area contributed by atoms with Crippen molar-refractivity contribution in [1.29, 1.82) is 0 Å². The summed E-state index contributed by atoms with van der Waals surface area (Å²) < 4.78 is 19.5. The van der Waals surface area contributed by atoms with Crippen molar-refractivity contribution in [3.8, 4) is 0 Å². The number of ketones is 1. The van der Waals surface area contributed by atoms with Crippen LogP contribution in [0.1, 0.15) is 16.1 Å². The molecule has 0 saturated heterocycles. The summed E-state index contributed by atoms with van der Waals surface area (Å²) in [5.41, 5.74) is 0.450. The Morgan fingerprint density at radius 3 is 2.75 bits per heavy atom. The molecule has 1 heterocycles. The van der Waals surface area contributed by atoms with Gasteiger partial charge in [0.2, 0.25) is 5.78 Å². The molecule has 0 saturated carbocycles. The summed E-state index contributed by atoms with van der Waals surface area (Å²) in [6, 6.07) is 10.9. The van der Waals surface area contributed by atoms with Crippen molar-refractivity contribution in [2.45, 2.75) is 0 Å². The molecular formula is C15H7BrClFO2. The van der Waals surface area contributed by atoms with E-state index in [4.69, 9.17) is 16.0 Å². The number of fused-ring (bicyclic) bond motifs is 1. The highest BCUT2D eigenvalue weighted by atomic mass is 79.9. The van der Waals surface area contributed by atoms with Gasteiger partial charge in [0.25, 0.3) is 0 Å². The molecule has 0 fully saturated rings. The molecule has 20 heavy (non-hydrogen) atoms. The maximum atomic E-state index is 13.6. The lowest BCUT2D eigenvalue weighted by molar-refractivity contribution is 0.101. The van der Waals surface area contributed by atoms with E-state index in [2.05, 4.69) is 15.9 Å². The van der Waals surface area contributed by atoms with Crippen LogP contribution in [0.4, 0.5) is 4.39 Å². The molecule has 0 spiro atoms. The van der Waals surface area contributed by atoms with Crippen LogP contribution in [0.3, 0.4) is 0 Å². The third-order valence-electron chi connectivity index (χ3n) is 2.89. The number of furan rings is 1. The molecule has 0 unspecified atom stereocenters. The lowest BCUT2D eigenvalue weighted by Gasteiger charge is -2.01. The van der Waals surface area contributed by atoms with Crippen molar-refractivity contribution in [3.63, 3.8) is 0 Å². The molecule has 2 nitrogen and oxygen atoms in total. The van der Waals surface area contributed by atoms with Crippen LogP contribution in [-0.4, -0.2) is 5.78 Å². The second kappa shape index (κ2) is 5.04. The molecular weight excluding hydrogens is 347 g/mol. The molecule has 5 heteroatoms. The Bertz CT molecular complexity index is 826. The predicted molar refractivity (Wildman–Crippen MR) is 78.8 cm³/mol. The van der Waals surface area contributed by atoms with Crippen LogP contribution in [0.5, 0.6) is 0 Å². The molecule has 3 aromatic rings. The van der Waals surface area contributed by atoms with Gasteiger partial charge in [-0.15, -0.1) is 0 Å². The van der Waals surface area contributed by atoms with Gasteiger partial charge >= 0.3 is 0 Å². The fraction of sp³-hybridized carbons (Fsp3) is 0. The molecule has 3 rings (SSSR count). The Morgan fingerprint density at radius 2 is 2.00 bits per heavy atom. The maximum Gasteiger partial charge on any atom is 0.229 e. The van der Waals surface area contributed by atoms with Crippen molar-refractivity contribution in [2.24, 2.45) is 0 Å². The molecule has 0 atom stereocenters. The largest absolute Gasteiger partial charge is 0.449 e. The molecule has 0 amide bonds. The quantitative estimate of drug-likeness (QED) is 0.591. The highest BCUT2D eigenvalue weighted by molar-refractivity contribution is 9.10. The van der Waals surface area contributed by atoms with E-state index in [1.54, 1.807) is 24.3 Å². The number of halogens is 3.